The molecule has 1 N–H and O–H groups in total. The van der Waals surface area contributed by atoms with Crippen LogP contribution in [0.5, 0.6) is 0 Å². The monoisotopic (exact) mass is 299 g/mol. The first-order chi connectivity index (χ1) is 8.16. The summed E-state index contributed by atoms with van der Waals surface area (Å²) in [5, 5.41) is 2.93. The Hall–Kier alpha value is -1.56. The molecule has 0 unspecified atom stereocenters. The van der Waals surface area contributed by atoms with Gasteiger partial charge in [-0.05, 0) is 22.0 Å². The average Bonchev–Trinajstić information content (AvgIpc) is 2.30. The van der Waals surface area contributed by atoms with E-state index in [1.807, 2.05) is 0 Å². The summed E-state index contributed by atoms with van der Waals surface area (Å²) in [6.45, 7) is 0.224. The van der Waals surface area contributed by atoms with E-state index in [9.17, 15) is 8.78 Å². The minimum absolute atomic E-state index is 0.224. The van der Waals surface area contributed by atoms with Gasteiger partial charge < -0.3 is 5.32 Å². The van der Waals surface area contributed by atoms with Crippen LogP contribution >= 0.6 is 15.9 Å². The molecule has 0 saturated carbocycles. The van der Waals surface area contributed by atoms with Crippen LogP contribution in [0.1, 0.15) is 5.56 Å². The van der Waals surface area contributed by atoms with Crippen molar-refractivity contribution >= 4 is 21.7 Å². The quantitative estimate of drug-likeness (QED) is 0.946. The Balaban J connectivity index is 2.10. The van der Waals surface area contributed by atoms with E-state index in [4.69, 9.17) is 0 Å². The maximum atomic E-state index is 13.3. The van der Waals surface area contributed by atoms with E-state index in [0.717, 1.165) is 6.07 Å². The lowest BCUT2D eigenvalue weighted by Crippen LogP contribution is -2.04. The standard InChI is InChI=1S/C11H8BrF2N3/c12-9-5-15-6-17-11(9)16-4-7-1-2-8(13)3-10(7)14/h1-3,5-6H,4H2,(H,15,16,17). The van der Waals surface area contributed by atoms with Gasteiger partial charge in [0.15, 0.2) is 0 Å². The molecule has 0 aliphatic rings. The Morgan fingerprint density at radius 1 is 1.29 bits per heavy atom. The number of nitrogens with zero attached hydrogens (tertiary/aromatic N) is 2. The van der Waals surface area contributed by atoms with E-state index in [1.165, 1.54) is 18.5 Å². The van der Waals surface area contributed by atoms with Gasteiger partial charge in [0.2, 0.25) is 0 Å². The fourth-order valence-electron chi connectivity index (χ4n) is 1.29. The number of aromatic nitrogens is 2. The molecule has 1 aromatic heterocycles. The average molecular weight is 300 g/mol. The van der Waals surface area contributed by atoms with Crippen LogP contribution in [0.4, 0.5) is 14.6 Å². The van der Waals surface area contributed by atoms with Crippen molar-refractivity contribution in [2.75, 3.05) is 5.32 Å². The predicted octanol–water partition coefficient (Wildman–Crippen LogP) is 3.13. The second-order valence-electron chi connectivity index (χ2n) is 3.31. The molecule has 0 fully saturated rings. The molecule has 17 heavy (non-hydrogen) atoms. The van der Waals surface area contributed by atoms with Crippen molar-refractivity contribution in [1.82, 2.24) is 9.97 Å². The number of hydrogen-bond acceptors (Lipinski definition) is 3. The van der Waals surface area contributed by atoms with Gasteiger partial charge >= 0.3 is 0 Å². The summed E-state index contributed by atoms with van der Waals surface area (Å²) in [6.07, 6.45) is 2.96. The molecule has 6 heteroatoms. The topological polar surface area (TPSA) is 37.8 Å². The molecule has 0 aliphatic heterocycles. The summed E-state index contributed by atoms with van der Waals surface area (Å²) in [5.41, 5.74) is 0.372. The molecule has 0 spiro atoms. The fourth-order valence-corrected chi connectivity index (χ4v) is 1.65. The highest BCUT2D eigenvalue weighted by Crippen LogP contribution is 2.18. The van der Waals surface area contributed by atoms with E-state index in [1.54, 1.807) is 6.20 Å². The second kappa shape index (κ2) is 5.18. The Kier molecular flexibility index (Phi) is 3.63. The van der Waals surface area contributed by atoms with Gasteiger partial charge in [0, 0.05) is 24.4 Å². The normalized spacial score (nSPS) is 10.3. The Labute approximate surface area is 105 Å². The highest BCUT2D eigenvalue weighted by molar-refractivity contribution is 9.10. The number of anilines is 1. The maximum absolute atomic E-state index is 13.3. The van der Waals surface area contributed by atoms with Crippen LogP contribution in [0.3, 0.4) is 0 Å². The maximum Gasteiger partial charge on any atom is 0.144 e. The minimum atomic E-state index is -0.588. The molecule has 1 aromatic carbocycles. The zero-order chi connectivity index (χ0) is 12.3. The van der Waals surface area contributed by atoms with Gasteiger partial charge in [-0.3, -0.25) is 0 Å². The first-order valence-corrected chi connectivity index (χ1v) is 5.59. The van der Waals surface area contributed by atoms with Crippen LogP contribution in [-0.2, 0) is 6.54 Å². The Morgan fingerprint density at radius 2 is 2.12 bits per heavy atom. The highest BCUT2D eigenvalue weighted by Gasteiger charge is 2.05. The van der Waals surface area contributed by atoms with Gasteiger partial charge in [-0.15, -0.1) is 0 Å². The zero-order valence-electron chi connectivity index (χ0n) is 8.62. The van der Waals surface area contributed by atoms with Crippen molar-refractivity contribution in [3.8, 4) is 0 Å². The summed E-state index contributed by atoms with van der Waals surface area (Å²) in [4.78, 5) is 7.78. The number of hydrogen-bond donors (Lipinski definition) is 1. The van der Waals surface area contributed by atoms with Crippen molar-refractivity contribution < 1.29 is 8.78 Å². The van der Waals surface area contributed by atoms with Crippen LogP contribution in [-0.4, -0.2) is 9.97 Å². The summed E-state index contributed by atoms with van der Waals surface area (Å²) in [6, 6.07) is 3.47. The molecule has 88 valence electrons. The first kappa shape index (κ1) is 11.9. The van der Waals surface area contributed by atoms with Crippen molar-refractivity contribution in [3.05, 3.63) is 52.4 Å². The predicted molar refractivity (Wildman–Crippen MR) is 63.4 cm³/mol. The molecule has 0 atom stereocenters. The SMILES string of the molecule is Fc1ccc(CNc2ncncc2Br)c(F)c1. The highest BCUT2D eigenvalue weighted by atomic mass is 79.9. The largest absolute Gasteiger partial charge is 0.365 e. The summed E-state index contributed by atoms with van der Waals surface area (Å²) in [7, 11) is 0. The van der Waals surface area contributed by atoms with Crippen LogP contribution in [0.25, 0.3) is 0 Å². The third-order valence-corrected chi connectivity index (χ3v) is 2.71. The Bertz CT molecular complexity index is 534. The number of rotatable bonds is 3. The molecular formula is C11H8BrF2N3. The number of nitrogens with one attached hydrogen (secondary N) is 1. The lowest BCUT2D eigenvalue weighted by Gasteiger charge is -2.07. The number of benzene rings is 1. The smallest absolute Gasteiger partial charge is 0.144 e. The Morgan fingerprint density at radius 3 is 2.82 bits per heavy atom. The fraction of sp³-hybridized carbons (Fsp3) is 0.0909. The summed E-state index contributed by atoms with van der Waals surface area (Å²) in [5.74, 6) is -0.610. The van der Waals surface area contributed by atoms with Gasteiger partial charge in [-0.1, -0.05) is 6.07 Å². The zero-order valence-corrected chi connectivity index (χ0v) is 10.2. The molecule has 3 nitrogen and oxygen atoms in total. The van der Waals surface area contributed by atoms with Gasteiger partial charge in [-0.2, -0.15) is 0 Å². The summed E-state index contributed by atoms with van der Waals surface area (Å²) >= 11 is 3.26. The van der Waals surface area contributed by atoms with E-state index in [0.29, 0.717) is 15.9 Å². The third kappa shape index (κ3) is 2.97. The van der Waals surface area contributed by atoms with E-state index >= 15 is 0 Å². The van der Waals surface area contributed by atoms with Crippen LogP contribution in [0.2, 0.25) is 0 Å². The van der Waals surface area contributed by atoms with Crippen LogP contribution in [0.15, 0.2) is 35.2 Å². The van der Waals surface area contributed by atoms with Gasteiger partial charge in [0.1, 0.15) is 23.8 Å². The van der Waals surface area contributed by atoms with Crippen molar-refractivity contribution in [2.45, 2.75) is 6.54 Å². The lowest BCUT2D eigenvalue weighted by molar-refractivity contribution is 0.574. The van der Waals surface area contributed by atoms with E-state index < -0.39 is 11.6 Å². The number of halogens is 3. The van der Waals surface area contributed by atoms with Crippen LogP contribution < -0.4 is 5.32 Å². The molecule has 0 amide bonds. The molecule has 0 radical (unpaired) electrons. The first-order valence-electron chi connectivity index (χ1n) is 4.80. The van der Waals surface area contributed by atoms with Crippen molar-refractivity contribution in [2.24, 2.45) is 0 Å². The van der Waals surface area contributed by atoms with Crippen molar-refractivity contribution in [3.63, 3.8) is 0 Å². The molecule has 0 aliphatic carbocycles. The molecule has 0 saturated heterocycles. The van der Waals surface area contributed by atoms with Gasteiger partial charge in [-0.25, -0.2) is 18.7 Å². The molecule has 2 aromatic rings. The minimum Gasteiger partial charge on any atom is -0.365 e. The van der Waals surface area contributed by atoms with Crippen molar-refractivity contribution in [1.29, 1.82) is 0 Å². The molecule has 2 rings (SSSR count). The summed E-state index contributed by atoms with van der Waals surface area (Å²) < 4.78 is 26.7. The van der Waals surface area contributed by atoms with Gasteiger partial charge in [0.05, 0.1) is 4.47 Å². The third-order valence-electron chi connectivity index (χ3n) is 2.13. The van der Waals surface area contributed by atoms with Crippen LogP contribution in [0, 0.1) is 11.6 Å². The van der Waals surface area contributed by atoms with E-state index in [2.05, 4.69) is 31.2 Å². The molecule has 1 heterocycles. The molecule has 0 bridgehead atoms. The second-order valence-corrected chi connectivity index (χ2v) is 4.16. The van der Waals surface area contributed by atoms with E-state index in [-0.39, 0.29) is 6.54 Å². The van der Waals surface area contributed by atoms with Gasteiger partial charge in [0.25, 0.3) is 0 Å². The molecular weight excluding hydrogens is 292 g/mol. The lowest BCUT2D eigenvalue weighted by atomic mass is 10.2.